The van der Waals surface area contributed by atoms with Gasteiger partial charge in [-0.3, -0.25) is 9.69 Å². The third-order valence-corrected chi connectivity index (χ3v) is 4.07. The summed E-state index contributed by atoms with van der Waals surface area (Å²) < 4.78 is 57.1. The van der Waals surface area contributed by atoms with Crippen LogP contribution in [0.5, 0.6) is 5.75 Å². The van der Waals surface area contributed by atoms with Crippen LogP contribution in [0.25, 0.3) is 0 Å². The van der Waals surface area contributed by atoms with Crippen molar-refractivity contribution < 1.29 is 22.3 Å². The van der Waals surface area contributed by atoms with E-state index in [0.29, 0.717) is 17.9 Å². The summed E-state index contributed by atoms with van der Waals surface area (Å²) in [6.07, 6.45) is -4.50. The van der Waals surface area contributed by atoms with Crippen LogP contribution in [0.3, 0.4) is 0 Å². The van der Waals surface area contributed by atoms with Crippen LogP contribution < -0.4 is 10.3 Å². The van der Waals surface area contributed by atoms with Gasteiger partial charge >= 0.3 is 6.18 Å². The SMILES string of the molecule is COc1ccc(CN2CCc3nc(C(F)(F)F)[nH]c(=O)c3C2)c(F)c1. The number of methoxy groups -OCH3 is 1. The molecule has 0 spiro atoms. The molecular formula is C16H15F4N3O2. The molecule has 1 aromatic heterocycles. The van der Waals surface area contributed by atoms with Gasteiger partial charge in [-0.05, 0) is 6.07 Å². The first kappa shape index (κ1) is 17.4. The highest BCUT2D eigenvalue weighted by atomic mass is 19.4. The predicted octanol–water partition coefficient (Wildman–Crippen LogP) is 2.49. The molecular weight excluding hydrogens is 342 g/mol. The van der Waals surface area contributed by atoms with E-state index in [-0.39, 0.29) is 30.8 Å². The van der Waals surface area contributed by atoms with Gasteiger partial charge in [0, 0.05) is 37.7 Å². The Bertz CT molecular complexity index is 848. The summed E-state index contributed by atoms with van der Waals surface area (Å²) in [5.41, 5.74) is -0.0616. The maximum Gasteiger partial charge on any atom is 0.449 e. The molecule has 1 aliphatic heterocycles. The van der Waals surface area contributed by atoms with E-state index < -0.39 is 23.4 Å². The molecule has 134 valence electrons. The molecule has 5 nitrogen and oxygen atoms in total. The minimum atomic E-state index is -4.70. The van der Waals surface area contributed by atoms with E-state index in [0.717, 1.165) is 0 Å². The van der Waals surface area contributed by atoms with Crippen molar-refractivity contribution >= 4 is 0 Å². The summed E-state index contributed by atoms with van der Waals surface area (Å²) in [6.45, 7) is 0.725. The van der Waals surface area contributed by atoms with Gasteiger partial charge in [0.2, 0.25) is 5.82 Å². The summed E-state index contributed by atoms with van der Waals surface area (Å²) in [4.78, 5) is 19.1. The van der Waals surface area contributed by atoms with Crippen LogP contribution in [0, 0.1) is 5.82 Å². The van der Waals surface area contributed by atoms with Gasteiger partial charge in [-0.1, -0.05) is 6.07 Å². The fourth-order valence-corrected chi connectivity index (χ4v) is 2.77. The number of hydrogen-bond acceptors (Lipinski definition) is 4. The average Bonchev–Trinajstić information content (AvgIpc) is 2.56. The lowest BCUT2D eigenvalue weighted by Crippen LogP contribution is -2.36. The molecule has 1 aliphatic rings. The summed E-state index contributed by atoms with van der Waals surface area (Å²) in [5.74, 6) is -1.33. The predicted molar refractivity (Wildman–Crippen MR) is 80.6 cm³/mol. The zero-order valence-electron chi connectivity index (χ0n) is 13.3. The van der Waals surface area contributed by atoms with Gasteiger partial charge in [0.1, 0.15) is 11.6 Å². The highest BCUT2D eigenvalue weighted by Crippen LogP contribution is 2.27. The first-order valence-electron chi connectivity index (χ1n) is 7.52. The Labute approximate surface area is 140 Å². The van der Waals surface area contributed by atoms with Gasteiger partial charge in [-0.2, -0.15) is 13.2 Å². The molecule has 0 saturated carbocycles. The standard InChI is InChI=1S/C16H15F4N3O2/c1-25-10-3-2-9(12(17)6-10)7-23-5-4-13-11(8-23)14(24)22-15(21-13)16(18,19)20/h2-3,6H,4-5,7-8H2,1H3,(H,21,22,24). The van der Waals surface area contributed by atoms with Crippen LogP contribution >= 0.6 is 0 Å². The highest BCUT2D eigenvalue weighted by molar-refractivity contribution is 5.29. The number of H-pyrrole nitrogens is 1. The number of hydrogen-bond donors (Lipinski definition) is 1. The molecule has 0 fully saturated rings. The van der Waals surface area contributed by atoms with Gasteiger partial charge in [-0.15, -0.1) is 0 Å². The second kappa shape index (κ2) is 6.47. The fourth-order valence-electron chi connectivity index (χ4n) is 2.77. The third kappa shape index (κ3) is 3.65. The zero-order chi connectivity index (χ0) is 18.2. The molecule has 0 saturated heterocycles. The largest absolute Gasteiger partial charge is 0.497 e. The molecule has 0 aliphatic carbocycles. The summed E-state index contributed by atoms with van der Waals surface area (Å²) in [7, 11) is 1.44. The van der Waals surface area contributed by atoms with Crippen molar-refractivity contribution in [3.63, 3.8) is 0 Å². The molecule has 2 heterocycles. The zero-order valence-corrected chi connectivity index (χ0v) is 13.3. The van der Waals surface area contributed by atoms with Gasteiger partial charge in [0.25, 0.3) is 5.56 Å². The van der Waals surface area contributed by atoms with Crippen molar-refractivity contribution in [2.75, 3.05) is 13.7 Å². The molecule has 25 heavy (non-hydrogen) atoms. The van der Waals surface area contributed by atoms with Crippen LogP contribution in [0.4, 0.5) is 17.6 Å². The quantitative estimate of drug-likeness (QED) is 0.858. The number of rotatable bonds is 3. The van der Waals surface area contributed by atoms with E-state index >= 15 is 0 Å². The average molecular weight is 357 g/mol. The van der Waals surface area contributed by atoms with Crippen LogP contribution in [-0.2, 0) is 25.7 Å². The van der Waals surface area contributed by atoms with Gasteiger partial charge in [0.05, 0.1) is 18.4 Å². The van der Waals surface area contributed by atoms with E-state index in [1.165, 1.54) is 13.2 Å². The van der Waals surface area contributed by atoms with Crippen molar-refractivity contribution in [3.05, 3.63) is 57.0 Å². The third-order valence-electron chi connectivity index (χ3n) is 4.07. The lowest BCUT2D eigenvalue weighted by atomic mass is 10.1. The fraction of sp³-hybridized carbons (Fsp3) is 0.375. The Balaban J connectivity index is 1.81. The molecule has 0 amide bonds. The Morgan fingerprint density at radius 1 is 1.36 bits per heavy atom. The number of nitrogens with one attached hydrogen (secondary N) is 1. The Kier molecular flexibility index (Phi) is 4.51. The van der Waals surface area contributed by atoms with Crippen molar-refractivity contribution in [1.82, 2.24) is 14.9 Å². The first-order chi connectivity index (χ1) is 11.8. The Morgan fingerprint density at radius 2 is 2.12 bits per heavy atom. The number of halogens is 4. The molecule has 0 radical (unpaired) electrons. The van der Waals surface area contributed by atoms with E-state index in [2.05, 4.69) is 4.98 Å². The number of fused-ring (bicyclic) bond motifs is 1. The number of aromatic nitrogens is 2. The maximum atomic E-state index is 14.0. The van der Waals surface area contributed by atoms with Crippen LogP contribution in [-0.4, -0.2) is 28.5 Å². The van der Waals surface area contributed by atoms with Gasteiger partial charge < -0.3 is 9.72 Å². The van der Waals surface area contributed by atoms with Crippen molar-refractivity contribution in [1.29, 1.82) is 0 Å². The van der Waals surface area contributed by atoms with Crippen LogP contribution in [0.1, 0.15) is 22.6 Å². The van der Waals surface area contributed by atoms with Gasteiger partial charge in [-0.25, -0.2) is 9.37 Å². The molecule has 3 rings (SSSR count). The number of nitrogens with zero attached hydrogens (tertiary/aromatic N) is 2. The lowest BCUT2D eigenvalue weighted by molar-refractivity contribution is -0.145. The van der Waals surface area contributed by atoms with Crippen LogP contribution in [0.15, 0.2) is 23.0 Å². The molecule has 2 aromatic rings. The number of ether oxygens (including phenoxy) is 1. The smallest absolute Gasteiger partial charge is 0.449 e. The number of benzene rings is 1. The summed E-state index contributed by atoms with van der Waals surface area (Å²) >= 11 is 0. The minimum absolute atomic E-state index is 0.112. The van der Waals surface area contributed by atoms with Crippen molar-refractivity contribution in [3.8, 4) is 5.75 Å². The molecule has 0 unspecified atom stereocenters. The maximum absolute atomic E-state index is 14.0. The minimum Gasteiger partial charge on any atom is -0.497 e. The molecule has 0 bridgehead atoms. The van der Waals surface area contributed by atoms with E-state index in [1.54, 1.807) is 22.0 Å². The number of aromatic amines is 1. The number of alkyl halides is 3. The Hall–Kier alpha value is -2.42. The van der Waals surface area contributed by atoms with E-state index in [1.807, 2.05) is 0 Å². The monoisotopic (exact) mass is 357 g/mol. The molecule has 9 heteroatoms. The van der Waals surface area contributed by atoms with Crippen LogP contribution in [0.2, 0.25) is 0 Å². The second-order valence-corrected chi connectivity index (χ2v) is 5.76. The highest BCUT2D eigenvalue weighted by Gasteiger charge is 2.36. The molecule has 1 aromatic carbocycles. The first-order valence-corrected chi connectivity index (χ1v) is 7.52. The Morgan fingerprint density at radius 3 is 2.76 bits per heavy atom. The lowest BCUT2D eigenvalue weighted by Gasteiger charge is -2.28. The summed E-state index contributed by atoms with van der Waals surface area (Å²) in [5, 5.41) is 0. The second-order valence-electron chi connectivity index (χ2n) is 5.76. The molecule has 1 N–H and O–H groups in total. The summed E-state index contributed by atoms with van der Waals surface area (Å²) in [6, 6.07) is 4.47. The van der Waals surface area contributed by atoms with E-state index in [9.17, 15) is 22.4 Å². The van der Waals surface area contributed by atoms with Gasteiger partial charge in [0.15, 0.2) is 0 Å². The normalized spacial score (nSPS) is 15.1. The topological polar surface area (TPSA) is 58.2 Å². The molecule has 0 atom stereocenters. The van der Waals surface area contributed by atoms with Crippen molar-refractivity contribution in [2.24, 2.45) is 0 Å². The van der Waals surface area contributed by atoms with E-state index in [4.69, 9.17) is 4.74 Å². The van der Waals surface area contributed by atoms with Crippen molar-refractivity contribution in [2.45, 2.75) is 25.7 Å².